The van der Waals surface area contributed by atoms with E-state index in [-0.39, 0.29) is 17.6 Å². The summed E-state index contributed by atoms with van der Waals surface area (Å²) in [5.41, 5.74) is 1.52. The van der Waals surface area contributed by atoms with E-state index >= 15 is 0 Å². The maximum atomic E-state index is 12.1. The molecule has 1 aromatic rings. The van der Waals surface area contributed by atoms with Crippen LogP contribution < -0.4 is 5.32 Å². The second-order valence-corrected chi connectivity index (χ2v) is 16.7. The van der Waals surface area contributed by atoms with E-state index in [1.807, 2.05) is 12.1 Å². The van der Waals surface area contributed by atoms with E-state index in [0.29, 0.717) is 105 Å². The van der Waals surface area contributed by atoms with Crippen LogP contribution in [0, 0.1) is 0 Å². The van der Waals surface area contributed by atoms with Crippen molar-refractivity contribution in [2.24, 2.45) is 0 Å². The molecule has 11 nitrogen and oxygen atoms in total. The van der Waals surface area contributed by atoms with E-state index in [9.17, 15) is 4.79 Å². The van der Waals surface area contributed by atoms with E-state index in [2.05, 4.69) is 46.1 Å². The molecule has 262 valence electrons. The smallest absolute Gasteiger partial charge is 0.338 e. The van der Waals surface area contributed by atoms with Crippen LogP contribution in [-0.4, -0.2) is 127 Å². The Labute approximate surface area is 273 Å². The zero-order chi connectivity index (χ0) is 33.1. The maximum Gasteiger partial charge on any atom is 0.338 e. The van der Waals surface area contributed by atoms with E-state index in [4.69, 9.17) is 42.3 Å². The summed E-state index contributed by atoms with van der Waals surface area (Å²) >= 11 is 0. The summed E-state index contributed by atoms with van der Waals surface area (Å²) < 4.78 is 49.8. The van der Waals surface area contributed by atoms with Gasteiger partial charge in [-0.3, -0.25) is 0 Å². The molecule has 45 heavy (non-hydrogen) atoms. The Hall–Kier alpha value is -1.61. The quantitative estimate of drug-likeness (QED) is 0.0669. The summed E-state index contributed by atoms with van der Waals surface area (Å²) in [5.74, 6) is -0.356. The zero-order valence-corrected chi connectivity index (χ0v) is 29.8. The van der Waals surface area contributed by atoms with E-state index in [1.165, 1.54) is 0 Å². The van der Waals surface area contributed by atoms with Gasteiger partial charge in [0.15, 0.2) is 8.32 Å². The van der Waals surface area contributed by atoms with Gasteiger partial charge in [0.2, 0.25) is 0 Å². The molecule has 0 saturated heterocycles. The molecule has 0 aliphatic rings. The van der Waals surface area contributed by atoms with Crippen LogP contribution in [0.15, 0.2) is 24.3 Å². The van der Waals surface area contributed by atoms with Crippen molar-refractivity contribution in [3.63, 3.8) is 0 Å². The number of carbonyl (C=O) groups excluding carboxylic acids is 1. The number of benzene rings is 1. The van der Waals surface area contributed by atoms with Crippen molar-refractivity contribution in [3.8, 4) is 0 Å². The highest BCUT2D eigenvalue weighted by atomic mass is 28.4. The lowest BCUT2D eigenvalue weighted by Gasteiger charge is -2.36. The first-order valence-corrected chi connectivity index (χ1v) is 19.3. The summed E-state index contributed by atoms with van der Waals surface area (Å²) in [5, 5.41) is 3.53. The lowest BCUT2D eigenvalue weighted by molar-refractivity contribution is -0.0229. The largest absolute Gasteiger partial charge is 0.460 e. The molecule has 1 N–H and O–H groups in total. The van der Waals surface area contributed by atoms with Gasteiger partial charge >= 0.3 is 5.97 Å². The van der Waals surface area contributed by atoms with E-state index < -0.39 is 8.32 Å². The minimum atomic E-state index is -1.70. The number of esters is 1. The molecule has 0 aliphatic heterocycles. The number of unbranched alkanes of at least 4 members (excludes halogenated alkanes) is 1. The van der Waals surface area contributed by atoms with Gasteiger partial charge in [-0.2, -0.15) is 0 Å². The minimum Gasteiger partial charge on any atom is -0.460 e. The highest BCUT2D eigenvalue weighted by Gasteiger charge is 2.36. The molecular weight excluding hydrogens is 598 g/mol. The van der Waals surface area contributed by atoms with Crippen LogP contribution in [0.1, 0.15) is 50.9 Å². The topological polar surface area (TPSA) is 112 Å². The van der Waals surface area contributed by atoms with Gasteiger partial charge in [-0.1, -0.05) is 34.1 Å². The first-order valence-electron chi connectivity index (χ1n) is 16.4. The molecule has 0 spiro atoms. The van der Waals surface area contributed by atoms with E-state index in [0.717, 1.165) is 25.1 Å². The van der Waals surface area contributed by atoms with E-state index in [1.54, 1.807) is 12.1 Å². The monoisotopic (exact) mass is 659 g/mol. The predicted octanol–water partition coefficient (Wildman–Crippen LogP) is 5.19. The number of carbonyl (C=O) groups is 1. The van der Waals surface area contributed by atoms with Crippen LogP contribution in [0.25, 0.3) is 0 Å². The van der Waals surface area contributed by atoms with Crippen molar-refractivity contribution in [1.29, 1.82) is 0 Å². The minimum absolute atomic E-state index is 0.196. The normalized spacial score (nSPS) is 12.0. The third-order valence-corrected chi connectivity index (χ3v) is 11.7. The fraction of sp³-hybridized carbons (Fsp3) is 0.788. The molecule has 0 aliphatic carbocycles. The Bertz CT molecular complexity index is 836. The lowest BCUT2D eigenvalue weighted by atomic mass is 10.2. The molecule has 12 heteroatoms. The van der Waals surface area contributed by atoms with Crippen molar-refractivity contribution in [2.45, 2.75) is 58.7 Å². The summed E-state index contributed by atoms with van der Waals surface area (Å²) in [6.07, 6.45) is 2.25. The van der Waals surface area contributed by atoms with Crippen molar-refractivity contribution in [2.75, 3.05) is 118 Å². The number of rotatable bonds is 30. The van der Waals surface area contributed by atoms with Crippen LogP contribution in [-0.2, 0) is 42.3 Å². The number of hydrogen-bond acceptors (Lipinski definition) is 11. The third-order valence-electron chi connectivity index (χ3n) is 7.17. The van der Waals surface area contributed by atoms with Crippen LogP contribution in [0.3, 0.4) is 0 Å². The van der Waals surface area contributed by atoms with Gasteiger partial charge in [-0.25, -0.2) is 4.79 Å². The molecule has 0 amide bonds. The molecule has 0 heterocycles. The summed E-state index contributed by atoms with van der Waals surface area (Å²) in [4.78, 5) is 12.1. The van der Waals surface area contributed by atoms with Crippen molar-refractivity contribution in [3.05, 3.63) is 29.8 Å². The van der Waals surface area contributed by atoms with Gasteiger partial charge in [-0.15, -0.1) is 0 Å². The molecule has 0 saturated carbocycles. The number of ether oxygens (including phenoxy) is 8. The molecule has 1 aromatic carbocycles. The highest BCUT2D eigenvalue weighted by Crippen LogP contribution is 2.36. The summed E-state index contributed by atoms with van der Waals surface area (Å²) in [7, 11) is -1.70. The second-order valence-electron chi connectivity index (χ2n) is 11.9. The van der Waals surface area contributed by atoms with Gasteiger partial charge in [0, 0.05) is 12.2 Å². The molecule has 1 rings (SSSR count). The predicted molar refractivity (Wildman–Crippen MR) is 179 cm³/mol. The number of nitrogens with one attached hydrogen (secondary N) is 1. The Morgan fingerprint density at radius 1 is 0.622 bits per heavy atom. The average Bonchev–Trinajstić information content (AvgIpc) is 3.00. The Morgan fingerprint density at radius 2 is 1.00 bits per heavy atom. The Balaban J connectivity index is 1.77. The Morgan fingerprint density at radius 3 is 1.38 bits per heavy atom. The van der Waals surface area contributed by atoms with Gasteiger partial charge in [0.1, 0.15) is 6.61 Å². The second kappa shape index (κ2) is 26.5. The molecule has 0 unspecified atom stereocenters. The van der Waals surface area contributed by atoms with Crippen LogP contribution in [0.2, 0.25) is 18.1 Å². The van der Waals surface area contributed by atoms with Gasteiger partial charge in [0.25, 0.3) is 0 Å². The summed E-state index contributed by atoms with van der Waals surface area (Å²) in [6.45, 7) is 22.0. The van der Waals surface area contributed by atoms with Crippen LogP contribution in [0.5, 0.6) is 0 Å². The SMILES string of the molecule is CCCCNc1ccc(C(=O)OCCOCCOCCOCCOCCOCCOCCOCCO[Si](C)(C)C(C)(C)C)cc1. The van der Waals surface area contributed by atoms with Gasteiger partial charge in [-0.05, 0) is 48.8 Å². The number of anilines is 1. The fourth-order valence-electron chi connectivity index (χ4n) is 3.40. The fourth-order valence-corrected chi connectivity index (χ4v) is 4.43. The zero-order valence-electron chi connectivity index (χ0n) is 28.8. The molecular formula is C33H61NO10Si. The maximum absolute atomic E-state index is 12.1. The number of hydrogen-bond donors (Lipinski definition) is 1. The molecule has 0 aromatic heterocycles. The third kappa shape index (κ3) is 22.5. The molecule has 0 fully saturated rings. The molecule has 0 radical (unpaired) electrons. The van der Waals surface area contributed by atoms with Gasteiger partial charge < -0.3 is 47.6 Å². The first-order chi connectivity index (χ1) is 21.7. The lowest BCUT2D eigenvalue weighted by Crippen LogP contribution is -2.41. The summed E-state index contributed by atoms with van der Waals surface area (Å²) in [6, 6.07) is 7.30. The standard InChI is InChI=1S/C33H61NO10Si/c1-7-8-13-34-31-11-9-30(10-12-31)32(35)43-28-26-41-24-22-39-20-18-37-16-14-36-15-17-38-19-21-40-23-25-42-27-29-44-45(5,6)33(2,3)4/h9-12,34H,7-8,13-29H2,1-6H3. The highest BCUT2D eigenvalue weighted by molar-refractivity contribution is 6.74. The van der Waals surface area contributed by atoms with Crippen molar-refractivity contribution >= 4 is 20.0 Å². The molecule has 0 atom stereocenters. The van der Waals surface area contributed by atoms with Gasteiger partial charge in [0.05, 0.1) is 105 Å². The van der Waals surface area contributed by atoms with Crippen molar-refractivity contribution in [1.82, 2.24) is 0 Å². The van der Waals surface area contributed by atoms with Crippen LogP contribution >= 0.6 is 0 Å². The average molecular weight is 660 g/mol. The first kappa shape index (κ1) is 41.4. The Kier molecular flexibility index (Phi) is 24.3. The van der Waals surface area contributed by atoms with Crippen molar-refractivity contribution < 1.29 is 47.1 Å². The molecule has 0 bridgehead atoms. The van der Waals surface area contributed by atoms with Crippen LogP contribution in [0.4, 0.5) is 5.69 Å².